The van der Waals surface area contributed by atoms with Crippen molar-refractivity contribution in [3.8, 4) is 0 Å². The van der Waals surface area contributed by atoms with Crippen LogP contribution in [0.2, 0.25) is 0 Å². The van der Waals surface area contributed by atoms with E-state index in [1.165, 1.54) is 0 Å². The van der Waals surface area contributed by atoms with Crippen LogP contribution in [0.1, 0.15) is 26.7 Å². The average molecular weight is 277 g/mol. The Balaban J connectivity index is 2.28. The van der Waals surface area contributed by atoms with Crippen LogP contribution >= 0.6 is 15.9 Å². The number of halogens is 1. The summed E-state index contributed by atoms with van der Waals surface area (Å²) < 4.78 is 10.3. The van der Waals surface area contributed by atoms with Crippen LogP contribution in [0.5, 0.6) is 0 Å². The van der Waals surface area contributed by atoms with Crippen LogP contribution in [0.3, 0.4) is 0 Å². The van der Waals surface area contributed by atoms with Gasteiger partial charge in [0.25, 0.3) is 0 Å². The summed E-state index contributed by atoms with van der Waals surface area (Å²) in [6.07, 6.45) is 0.638. The molecule has 0 saturated carbocycles. The van der Waals surface area contributed by atoms with Crippen molar-refractivity contribution in [3.63, 3.8) is 0 Å². The molecule has 0 aromatic heterocycles. The lowest BCUT2D eigenvalue weighted by atomic mass is 9.79. The van der Waals surface area contributed by atoms with Crippen molar-refractivity contribution in [3.05, 3.63) is 0 Å². The molecule has 0 radical (unpaired) electrons. The first kappa shape index (κ1) is 10.9. The third kappa shape index (κ3) is 1.57. The minimum Gasteiger partial charge on any atom is -0.461 e. The molecule has 15 heavy (non-hydrogen) atoms. The highest BCUT2D eigenvalue weighted by atomic mass is 79.9. The van der Waals surface area contributed by atoms with Crippen LogP contribution in [0.25, 0.3) is 0 Å². The Morgan fingerprint density at radius 3 is 2.47 bits per heavy atom. The fourth-order valence-electron chi connectivity index (χ4n) is 2.36. The Labute approximate surface area is 96.4 Å². The molecule has 4 nitrogen and oxygen atoms in total. The van der Waals surface area contributed by atoms with E-state index in [0.717, 1.165) is 0 Å². The maximum atomic E-state index is 11.7. The smallest absolute Gasteiger partial charge is 0.324 e. The number of carbonyl (C=O) groups excluding carboxylic acids is 2. The third-order valence-corrected chi connectivity index (χ3v) is 3.62. The largest absolute Gasteiger partial charge is 0.461 e. The van der Waals surface area contributed by atoms with E-state index in [9.17, 15) is 9.59 Å². The molecule has 5 heteroatoms. The summed E-state index contributed by atoms with van der Waals surface area (Å²) >= 11 is 3.25. The molecule has 2 rings (SSSR count). The maximum Gasteiger partial charge on any atom is 0.324 e. The summed E-state index contributed by atoms with van der Waals surface area (Å²) in [6.45, 7) is 3.63. The van der Waals surface area contributed by atoms with Gasteiger partial charge in [0.15, 0.2) is 5.41 Å². The summed E-state index contributed by atoms with van der Waals surface area (Å²) in [5.41, 5.74) is -1.60. The maximum absolute atomic E-state index is 11.7. The van der Waals surface area contributed by atoms with Gasteiger partial charge in [0.05, 0.1) is 0 Å². The van der Waals surface area contributed by atoms with Gasteiger partial charge >= 0.3 is 11.9 Å². The fourth-order valence-corrected chi connectivity index (χ4v) is 2.72. The van der Waals surface area contributed by atoms with Crippen LogP contribution in [0.15, 0.2) is 0 Å². The third-order valence-electron chi connectivity index (χ3n) is 2.90. The molecule has 2 heterocycles. The van der Waals surface area contributed by atoms with E-state index in [4.69, 9.17) is 9.47 Å². The Hall–Kier alpha value is -0.580. The van der Waals surface area contributed by atoms with Gasteiger partial charge < -0.3 is 9.47 Å². The standard InChI is InChI=1S/C10H13BrO4/c1-9(2)5-10(8(13)15-9)3-6(4-11)14-7(10)12/h6H,3-5H2,1-2H3/t6-,10+/m0/s1. The van der Waals surface area contributed by atoms with Gasteiger partial charge in [-0.3, -0.25) is 9.59 Å². The number of carbonyl (C=O) groups is 2. The van der Waals surface area contributed by atoms with E-state index in [1.807, 2.05) is 13.8 Å². The van der Waals surface area contributed by atoms with Crippen molar-refractivity contribution in [2.45, 2.75) is 38.4 Å². The summed E-state index contributed by atoms with van der Waals surface area (Å²) in [4.78, 5) is 23.5. The Morgan fingerprint density at radius 1 is 1.40 bits per heavy atom. The molecule has 0 amide bonds. The molecular weight excluding hydrogens is 264 g/mol. The van der Waals surface area contributed by atoms with E-state index in [2.05, 4.69) is 15.9 Å². The van der Waals surface area contributed by atoms with E-state index < -0.39 is 23.0 Å². The molecule has 2 aliphatic heterocycles. The molecule has 1 spiro atoms. The summed E-state index contributed by atoms with van der Waals surface area (Å²) in [6, 6.07) is 0. The predicted molar refractivity (Wildman–Crippen MR) is 55.5 cm³/mol. The number of hydrogen-bond donors (Lipinski definition) is 0. The van der Waals surface area contributed by atoms with E-state index in [1.54, 1.807) is 0 Å². The van der Waals surface area contributed by atoms with Gasteiger partial charge in [-0.1, -0.05) is 15.9 Å². The number of ether oxygens (including phenoxy) is 2. The van der Waals surface area contributed by atoms with E-state index >= 15 is 0 Å². The minimum atomic E-state index is -1.04. The first-order valence-corrected chi connectivity index (χ1v) is 6.02. The number of esters is 2. The molecule has 0 bridgehead atoms. The van der Waals surface area contributed by atoms with Crippen LogP contribution in [0.4, 0.5) is 0 Å². The van der Waals surface area contributed by atoms with Crippen molar-refractivity contribution in [2.75, 3.05) is 5.33 Å². The first-order chi connectivity index (χ1) is 6.89. The topological polar surface area (TPSA) is 52.6 Å². The van der Waals surface area contributed by atoms with Crippen LogP contribution < -0.4 is 0 Å². The fraction of sp³-hybridized carbons (Fsp3) is 0.800. The number of hydrogen-bond acceptors (Lipinski definition) is 4. The quantitative estimate of drug-likeness (QED) is 0.413. The molecular formula is C10H13BrO4. The van der Waals surface area contributed by atoms with Gasteiger partial charge in [0, 0.05) is 18.2 Å². The Morgan fingerprint density at radius 2 is 2.07 bits per heavy atom. The summed E-state index contributed by atoms with van der Waals surface area (Å²) in [7, 11) is 0. The van der Waals surface area contributed by atoms with Gasteiger partial charge in [0.2, 0.25) is 0 Å². The highest BCUT2D eigenvalue weighted by Crippen LogP contribution is 2.48. The molecule has 0 aromatic rings. The Kier molecular flexibility index (Phi) is 2.33. The van der Waals surface area contributed by atoms with Gasteiger partial charge in [-0.05, 0) is 13.8 Å². The number of rotatable bonds is 1. The molecule has 0 unspecified atom stereocenters. The lowest BCUT2D eigenvalue weighted by molar-refractivity contribution is -0.159. The average Bonchev–Trinajstić information content (AvgIpc) is 2.53. The molecule has 2 saturated heterocycles. The second-order valence-electron chi connectivity index (χ2n) is 4.79. The van der Waals surface area contributed by atoms with Gasteiger partial charge in [-0.25, -0.2) is 0 Å². The SMILES string of the molecule is CC1(C)C[C@@]2(C[C@@H](CBr)OC2=O)C(=O)O1. The second kappa shape index (κ2) is 3.20. The molecule has 0 aliphatic carbocycles. The molecule has 0 aromatic carbocycles. The number of alkyl halides is 1. The van der Waals surface area contributed by atoms with Gasteiger partial charge in [-0.15, -0.1) is 0 Å². The van der Waals surface area contributed by atoms with Crippen LogP contribution in [-0.4, -0.2) is 29.0 Å². The molecule has 0 N–H and O–H groups in total. The van der Waals surface area contributed by atoms with Crippen LogP contribution in [0, 0.1) is 5.41 Å². The molecule has 2 atom stereocenters. The van der Waals surface area contributed by atoms with E-state index in [-0.39, 0.29) is 6.10 Å². The summed E-state index contributed by atoms with van der Waals surface area (Å²) in [5.74, 6) is -0.858. The monoisotopic (exact) mass is 276 g/mol. The van der Waals surface area contributed by atoms with Crippen molar-refractivity contribution in [1.82, 2.24) is 0 Å². The van der Waals surface area contributed by atoms with Crippen molar-refractivity contribution < 1.29 is 19.1 Å². The minimum absolute atomic E-state index is 0.209. The second-order valence-corrected chi connectivity index (χ2v) is 5.44. The summed E-state index contributed by atoms with van der Waals surface area (Å²) in [5, 5.41) is 0.564. The molecule has 2 aliphatic rings. The highest BCUT2D eigenvalue weighted by Gasteiger charge is 2.63. The molecule has 2 fully saturated rings. The normalized spacial score (nSPS) is 38.2. The Bertz CT molecular complexity index is 325. The highest BCUT2D eigenvalue weighted by molar-refractivity contribution is 9.09. The lowest BCUT2D eigenvalue weighted by Crippen LogP contribution is -2.31. The zero-order valence-corrected chi connectivity index (χ0v) is 10.3. The van der Waals surface area contributed by atoms with E-state index in [0.29, 0.717) is 18.2 Å². The first-order valence-electron chi connectivity index (χ1n) is 4.90. The van der Waals surface area contributed by atoms with Crippen molar-refractivity contribution in [1.29, 1.82) is 0 Å². The zero-order valence-electron chi connectivity index (χ0n) is 8.71. The van der Waals surface area contributed by atoms with Crippen molar-refractivity contribution >= 4 is 27.9 Å². The molecule has 84 valence electrons. The van der Waals surface area contributed by atoms with Gasteiger partial charge in [0.1, 0.15) is 11.7 Å². The predicted octanol–water partition coefficient (Wildman–Crippen LogP) is 1.41. The lowest BCUT2D eigenvalue weighted by Gasteiger charge is -2.15. The van der Waals surface area contributed by atoms with Gasteiger partial charge in [-0.2, -0.15) is 0 Å². The number of cyclic esters (lactones) is 2. The van der Waals surface area contributed by atoms with Crippen LogP contribution in [-0.2, 0) is 19.1 Å². The zero-order chi connectivity index (χ0) is 11.3. The van der Waals surface area contributed by atoms with Crippen molar-refractivity contribution in [2.24, 2.45) is 5.41 Å².